The fourth-order valence-corrected chi connectivity index (χ4v) is 1.28. The van der Waals surface area contributed by atoms with E-state index in [-0.39, 0.29) is 11.3 Å². The molecule has 0 amide bonds. The van der Waals surface area contributed by atoms with Gasteiger partial charge in [-0.1, -0.05) is 0 Å². The van der Waals surface area contributed by atoms with Gasteiger partial charge >= 0.3 is 5.97 Å². The second-order valence-corrected chi connectivity index (χ2v) is 3.10. The first kappa shape index (κ1) is 10.7. The quantitative estimate of drug-likeness (QED) is 0.822. The summed E-state index contributed by atoms with van der Waals surface area (Å²) in [6.07, 6.45) is -1.22. The molecule has 0 aromatic carbocycles. The van der Waals surface area contributed by atoms with Crippen molar-refractivity contribution in [2.75, 3.05) is 0 Å². The van der Waals surface area contributed by atoms with E-state index in [0.29, 0.717) is 5.76 Å². The molecule has 0 aliphatic rings. The Morgan fingerprint density at radius 2 is 2.14 bits per heavy atom. The van der Waals surface area contributed by atoms with Crippen molar-refractivity contribution in [2.45, 2.75) is 26.2 Å². The number of hydrogen-bond donors (Lipinski definition) is 1. The van der Waals surface area contributed by atoms with Crippen molar-refractivity contribution in [3.05, 3.63) is 23.2 Å². The minimum absolute atomic E-state index is 0.0637. The molecule has 0 atom stereocenters. The molecule has 0 fully saturated rings. The summed E-state index contributed by atoms with van der Waals surface area (Å²) in [4.78, 5) is 10.2. The lowest BCUT2D eigenvalue weighted by Crippen LogP contribution is -2.18. The van der Waals surface area contributed by atoms with Gasteiger partial charge in [-0.2, -0.15) is 0 Å². The highest BCUT2D eigenvalue weighted by Crippen LogP contribution is 2.35. The molecule has 1 heterocycles. The zero-order valence-corrected chi connectivity index (χ0v) is 7.80. The Kier molecular flexibility index (Phi) is 2.59. The van der Waals surface area contributed by atoms with Gasteiger partial charge in [0.1, 0.15) is 17.9 Å². The number of carboxylic acids is 1. The van der Waals surface area contributed by atoms with Crippen LogP contribution in [-0.2, 0) is 10.7 Å². The van der Waals surface area contributed by atoms with Crippen LogP contribution in [0.3, 0.4) is 0 Å². The number of carbonyl (C=O) groups is 1. The topological polar surface area (TPSA) is 50.4 Å². The van der Waals surface area contributed by atoms with E-state index in [2.05, 4.69) is 0 Å². The summed E-state index contributed by atoms with van der Waals surface area (Å²) in [7, 11) is 0. The van der Waals surface area contributed by atoms with Crippen LogP contribution < -0.4 is 0 Å². The Balaban J connectivity index is 3.02. The summed E-state index contributed by atoms with van der Waals surface area (Å²) < 4.78 is 31.4. The van der Waals surface area contributed by atoms with E-state index in [1.807, 2.05) is 0 Å². The van der Waals surface area contributed by atoms with Gasteiger partial charge in [-0.3, -0.25) is 4.79 Å². The average molecular weight is 204 g/mol. The highest BCUT2D eigenvalue weighted by Gasteiger charge is 2.37. The zero-order valence-electron chi connectivity index (χ0n) is 7.80. The van der Waals surface area contributed by atoms with Crippen LogP contribution >= 0.6 is 0 Å². The normalized spacial score (nSPS) is 11.7. The van der Waals surface area contributed by atoms with Gasteiger partial charge in [-0.15, -0.1) is 0 Å². The standard InChI is InChI=1S/C9H10F2O3/c1-5-3-7(6(2)14-5)9(10,11)4-8(12)13/h3H,4H2,1-2H3,(H,12,13). The van der Waals surface area contributed by atoms with Crippen LogP contribution in [0, 0.1) is 13.8 Å². The van der Waals surface area contributed by atoms with Crippen LogP contribution in [0.25, 0.3) is 0 Å². The average Bonchev–Trinajstić information content (AvgIpc) is 2.27. The van der Waals surface area contributed by atoms with Crippen molar-refractivity contribution in [3.8, 4) is 0 Å². The summed E-state index contributed by atoms with van der Waals surface area (Å²) >= 11 is 0. The van der Waals surface area contributed by atoms with Gasteiger partial charge in [0.15, 0.2) is 0 Å². The van der Waals surface area contributed by atoms with Crippen molar-refractivity contribution >= 4 is 5.97 Å². The molecule has 1 rings (SSSR count). The van der Waals surface area contributed by atoms with Crippen LogP contribution in [-0.4, -0.2) is 11.1 Å². The van der Waals surface area contributed by atoms with Gasteiger partial charge in [0, 0.05) is 0 Å². The number of aliphatic carboxylic acids is 1. The first-order valence-electron chi connectivity index (χ1n) is 4.00. The molecule has 0 aliphatic heterocycles. The van der Waals surface area contributed by atoms with E-state index in [1.54, 1.807) is 0 Å². The number of aryl methyl sites for hydroxylation is 2. The van der Waals surface area contributed by atoms with Crippen molar-refractivity contribution in [1.29, 1.82) is 0 Å². The molecule has 0 unspecified atom stereocenters. The molecule has 0 saturated heterocycles. The maximum Gasteiger partial charge on any atom is 0.309 e. The molecule has 78 valence electrons. The lowest BCUT2D eigenvalue weighted by molar-refractivity contribution is -0.145. The van der Waals surface area contributed by atoms with Gasteiger partial charge in [0.25, 0.3) is 5.92 Å². The number of alkyl halides is 2. The molecular weight excluding hydrogens is 194 g/mol. The third kappa shape index (κ3) is 2.10. The van der Waals surface area contributed by atoms with E-state index >= 15 is 0 Å². The lowest BCUT2D eigenvalue weighted by Gasteiger charge is -2.12. The Morgan fingerprint density at radius 3 is 2.50 bits per heavy atom. The predicted octanol–water partition coefficient (Wildman–Crippen LogP) is 2.46. The van der Waals surface area contributed by atoms with E-state index in [4.69, 9.17) is 9.52 Å². The fraction of sp³-hybridized carbons (Fsp3) is 0.444. The van der Waals surface area contributed by atoms with Gasteiger partial charge in [-0.05, 0) is 19.9 Å². The van der Waals surface area contributed by atoms with Gasteiger partial charge in [0.2, 0.25) is 0 Å². The maximum absolute atomic E-state index is 13.2. The molecule has 5 heteroatoms. The molecule has 1 aromatic rings. The zero-order chi connectivity index (χ0) is 10.9. The van der Waals surface area contributed by atoms with Gasteiger partial charge in [-0.25, -0.2) is 8.78 Å². The number of carboxylic acid groups (broad SMARTS) is 1. The third-order valence-corrected chi connectivity index (χ3v) is 1.81. The van der Waals surface area contributed by atoms with Crippen molar-refractivity contribution in [2.24, 2.45) is 0 Å². The highest BCUT2D eigenvalue weighted by atomic mass is 19.3. The molecule has 3 nitrogen and oxygen atoms in total. The van der Waals surface area contributed by atoms with Crippen molar-refractivity contribution < 1.29 is 23.1 Å². The molecular formula is C9H10F2O3. The summed E-state index contributed by atoms with van der Waals surface area (Å²) in [5.41, 5.74) is -0.350. The highest BCUT2D eigenvalue weighted by molar-refractivity contribution is 5.68. The third-order valence-electron chi connectivity index (χ3n) is 1.81. The van der Waals surface area contributed by atoms with E-state index < -0.39 is 18.3 Å². The van der Waals surface area contributed by atoms with E-state index in [1.165, 1.54) is 13.8 Å². The lowest BCUT2D eigenvalue weighted by atomic mass is 10.1. The number of furan rings is 1. The molecule has 1 aromatic heterocycles. The SMILES string of the molecule is Cc1cc(C(F)(F)CC(=O)O)c(C)o1. The first-order valence-corrected chi connectivity index (χ1v) is 4.00. The monoisotopic (exact) mass is 204 g/mol. The fourth-order valence-electron chi connectivity index (χ4n) is 1.28. The van der Waals surface area contributed by atoms with Crippen molar-refractivity contribution in [3.63, 3.8) is 0 Å². The summed E-state index contributed by atoms with van der Waals surface area (Å²) in [5, 5.41) is 8.30. The Morgan fingerprint density at radius 1 is 1.57 bits per heavy atom. The number of halogens is 2. The summed E-state index contributed by atoms with van der Waals surface area (Å²) in [6, 6.07) is 1.16. The van der Waals surface area contributed by atoms with Crippen LogP contribution in [0.15, 0.2) is 10.5 Å². The molecule has 0 saturated carbocycles. The van der Waals surface area contributed by atoms with Crippen LogP contribution in [0.1, 0.15) is 23.5 Å². The summed E-state index contributed by atoms with van der Waals surface area (Å²) in [5.74, 6) is -4.49. The number of rotatable bonds is 3. The first-order chi connectivity index (χ1) is 6.33. The van der Waals surface area contributed by atoms with E-state index in [9.17, 15) is 13.6 Å². The minimum Gasteiger partial charge on any atom is -0.481 e. The minimum atomic E-state index is -3.37. The predicted molar refractivity (Wildman–Crippen MR) is 44.3 cm³/mol. The molecule has 14 heavy (non-hydrogen) atoms. The Hall–Kier alpha value is -1.39. The Bertz CT molecular complexity index is 355. The Labute approximate surface area is 79.3 Å². The molecule has 0 radical (unpaired) electrons. The molecule has 0 spiro atoms. The van der Waals surface area contributed by atoms with Crippen LogP contribution in [0.2, 0.25) is 0 Å². The van der Waals surface area contributed by atoms with Gasteiger partial charge in [0.05, 0.1) is 5.56 Å². The second kappa shape index (κ2) is 3.40. The van der Waals surface area contributed by atoms with Crippen LogP contribution in [0.4, 0.5) is 8.78 Å². The number of hydrogen-bond acceptors (Lipinski definition) is 2. The molecule has 1 N–H and O–H groups in total. The van der Waals surface area contributed by atoms with Crippen molar-refractivity contribution in [1.82, 2.24) is 0 Å². The van der Waals surface area contributed by atoms with Gasteiger partial charge < -0.3 is 9.52 Å². The largest absolute Gasteiger partial charge is 0.481 e. The second-order valence-electron chi connectivity index (χ2n) is 3.10. The summed E-state index contributed by atoms with van der Waals surface area (Å²) in [6.45, 7) is 2.92. The maximum atomic E-state index is 13.2. The van der Waals surface area contributed by atoms with E-state index in [0.717, 1.165) is 6.07 Å². The molecule has 0 aliphatic carbocycles. The molecule has 0 bridgehead atoms. The van der Waals surface area contributed by atoms with Crippen LogP contribution in [0.5, 0.6) is 0 Å². The smallest absolute Gasteiger partial charge is 0.309 e.